The molecule has 0 aliphatic rings. The molecule has 2 rings (SSSR count). The van der Waals surface area contributed by atoms with Crippen LogP contribution in [0.3, 0.4) is 0 Å². The van der Waals surface area contributed by atoms with E-state index in [4.69, 9.17) is 9.52 Å². The molecule has 0 saturated carbocycles. The van der Waals surface area contributed by atoms with Crippen LogP contribution >= 0.6 is 0 Å². The first kappa shape index (κ1) is 13.6. The quantitative estimate of drug-likeness (QED) is 0.928. The van der Waals surface area contributed by atoms with E-state index in [1.165, 1.54) is 18.4 Å². The van der Waals surface area contributed by atoms with Crippen molar-refractivity contribution in [2.45, 2.75) is 19.0 Å². The molecule has 0 atom stereocenters. The molecule has 0 amide bonds. The molecule has 1 aromatic heterocycles. The highest BCUT2D eigenvalue weighted by molar-refractivity contribution is 5.58. The molecule has 0 saturated heterocycles. The Morgan fingerprint density at radius 2 is 1.84 bits per heavy atom. The van der Waals surface area contributed by atoms with Crippen LogP contribution < -0.4 is 0 Å². The summed E-state index contributed by atoms with van der Waals surface area (Å²) in [4.78, 5) is 4.15. The third-order valence-electron chi connectivity index (χ3n) is 2.61. The predicted octanol–water partition coefficient (Wildman–Crippen LogP) is 3.29. The Labute approximate surface area is 107 Å². The van der Waals surface area contributed by atoms with E-state index in [1.54, 1.807) is 0 Å². The topological polar surface area (TPSA) is 46.3 Å². The van der Waals surface area contributed by atoms with E-state index in [1.807, 2.05) is 0 Å². The largest absolute Gasteiger partial charge is 0.448 e. The minimum Gasteiger partial charge on any atom is -0.448 e. The van der Waals surface area contributed by atoms with E-state index in [0.29, 0.717) is 30.0 Å². The molecular formula is C13H12F3NO2. The number of hydrogen-bond acceptors (Lipinski definition) is 3. The van der Waals surface area contributed by atoms with Crippen LogP contribution in [0.4, 0.5) is 13.2 Å². The minimum atomic E-state index is -4.34. The number of oxazole rings is 1. The van der Waals surface area contributed by atoms with Crippen molar-refractivity contribution in [3.8, 4) is 11.3 Å². The zero-order chi connectivity index (χ0) is 13.9. The Balaban J connectivity index is 2.16. The molecule has 0 bridgehead atoms. The number of hydrogen-bond donors (Lipinski definition) is 1. The van der Waals surface area contributed by atoms with Gasteiger partial charge in [-0.15, -0.1) is 0 Å². The highest BCUT2D eigenvalue weighted by atomic mass is 19.4. The molecule has 0 radical (unpaired) electrons. The third-order valence-corrected chi connectivity index (χ3v) is 2.61. The third kappa shape index (κ3) is 3.35. The molecule has 1 heterocycles. The zero-order valence-electron chi connectivity index (χ0n) is 9.94. The van der Waals surface area contributed by atoms with Crippen LogP contribution in [0.2, 0.25) is 0 Å². The van der Waals surface area contributed by atoms with Gasteiger partial charge in [0.2, 0.25) is 0 Å². The van der Waals surface area contributed by atoms with E-state index in [2.05, 4.69) is 4.98 Å². The number of benzene rings is 1. The van der Waals surface area contributed by atoms with E-state index in [9.17, 15) is 13.2 Å². The van der Waals surface area contributed by atoms with Gasteiger partial charge in [0.15, 0.2) is 5.89 Å². The van der Waals surface area contributed by atoms with Gasteiger partial charge in [0.05, 0.1) is 5.56 Å². The number of alkyl halides is 3. The second-order valence-electron chi connectivity index (χ2n) is 4.03. The van der Waals surface area contributed by atoms with Crippen molar-refractivity contribution in [2.24, 2.45) is 0 Å². The smallest absolute Gasteiger partial charge is 0.416 e. The first-order valence-electron chi connectivity index (χ1n) is 5.73. The van der Waals surface area contributed by atoms with Gasteiger partial charge in [-0.05, 0) is 18.6 Å². The van der Waals surface area contributed by atoms with Crippen LogP contribution in [0.25, 0.3) is 11.3 Å². The van der Waals surface area contributed by atoms with Gasteiger partial charge in [0, 0.05) is 18.6 Å². The maximum atomic E-state index is 12.4. The lowest BCUT2D eigenvalue weighted by Gasteiger charge is -2.06. The summed E-state index contributed by atoms with van der Waals surface area (Å²) in [5, 5.41) is 8.68. The van der Waals surface area contributed by atoms with Gasteiger partial charge < -0.3 is 9.52 Å². The molecule has 0 unspecified atom stereocenters. The molecule has 19 heavy (non-hydrogen) atoms. The summed E-state index contributed by atoms with van der Waals surface area (Å²) in [6, 6.07) is 4.74. The Morgan fingerprint density at radius 3 is 2.42 bits per heavy atom. The summed E-state index contributed by atoms with van der Waals surface area (Å²) < 4.78 is 42.4. The van der Waals surface area contributed by atoms with Crippen molar-refractivity contribution in [3.63, 3.8) is 0 Å². The minimum absolute atomic E-state index is 0.0397. The van der Waals surface area contributed by atoms with Gasteiger partial charge in [-0.3, -0.25) is 0 Å². The van der Waals surface area contributed by atoms with Gasteiger partial charge in [0.1, 0.15) is 12.0 Å². The maximum Gasteiger partial charge on any atom is 0.416 e. The highest BCUT2D eigenvalue weighted by Crippen LogP contribution is 2.30. The fourth-order valence-electron chi connectivity index (χ4n) is 1.62. The van der Waals surface area contributed by atoms with Crippen molar-refractivity contribution in [3.05, 3.63) is 42.0 Å². The maximum absolute atomic E-state index is 12.4. The number of aliphatic hydroxyl groups is 1. The number of aromatic nitrogens is 1. The van der Waals surface area contributed by atoms with Gasteiger partial charge >= 0.3 is 6.18 Å². The highest BCUT2D eigenvalue weighted by Gasteiger charge is 2.30. The van der Waals surface area contributed by atoms with Crippen molar-refractivity contribution in [2.75, 3.05) is 6.61 Å². The van der Waals surface area contributed by atoms with Crippen LogP contribution in [0, 0.1) is 0 Å². The molecule has 0 spiro atoms. The molecule has 0 fully saturated rings. The van der Waals surface area contributed by atoms with Gasteiger partial charge in [-0.1, -0.05) is 12.1 Å². The second-order valence-corrected chi connectivity index (χ2v) is 4.03. The van der Waals surface area contributed by atoms with Crippen LogP contribution in [0.1, 0.15) is 17.9 Å². The SMILES string of the molecule is OCCCc1nc(-c2ccc(C(F)(F)F)cc2)co1. The second kappa shape index (κ2) is 5.44. The molecule has 0 aliphatic heterocycles. The number of halogens is 3. The van der Waals surface area contributed by atoms with E-state index < -0.39 is 11.7 Å². The van der Waals surface area contributed by atoms with Crippen molar-refractivity contribution in [1.29, 1.82) is 0 Å². The standard InChI is InChI=1S/C13H12F3NO2/c14-13(15,16)10-5-3-9(4-6-10)11-8-19-12(17-11)2-1-7-18/h3-6,8,18H,1-2,7H2. The lowest BCUT2D eigenvalue weighted by Crippen LogP contribution is -2.03. The van der Waals surface area contributed by atoms with Crippen LogP contribution in [0.5, 0.6) is 0 Å². The molecule has 1 aromatic carbocycles. The number of aliphatic hydroxyl groups excluding tert-OH is 1. The van der Waals surface area contributed by atoms with Crippen molar-refractivity contribution in [1.82, 2.24) is 4.98 Å². The van der Waals surface area contributed by atoms with Gasteiger partial charge in [-0.2, -0.15) is 13.2 Å². The Kier molecular flexibility index (Phi) is 3.90. The lowest BCUT2D eigenvalue weighted by molar-refractivity contribution is -0.137. The average molecular weight is 271 g/mol. The summed E-state index contributed by atoms with van der Waals surface area (Å²) in [7, 11) is 0. The first-order valence-corrected chi connectivity index (χ1v) is 5.73. The molecule has 6 heteroatoms. The van der Waals surface area contributed by atoms with E-state index in [0.717, 1.165) is 12.1 Å². The molecule has 0 aliphatic carbocycles. The normalized spacial score (nSPS) is 11.8. The fraction of sp³-hybridized carbons (Fsp3) is 0.308. The molecule has 1 N–H and O–H groups in total. The number of rotatable bonds is 4. The lowest BCUT2D eigenvalue weighted by atomic mass is 10.1. The van der Waals surface area contributed by atoms with Crippen molar-refractivity contribution < 1.29 is 22.7 Å². The summed E-state index contributed by atoms with van der Waals surface area (Å²) in [6.45, 7) is 0.0397. The Hall–Kier alpha value is -1.82. The Bertz CT molecular complexity index is 532. The van der Waals surface area contributed by atoms with E-state index >= 15 is 0 Å². The summed E-state index contributed by atoms with van der Waals surface area (Å²) >= 11 is 0. The van der Waals surface area contributed by atoms with Crippen LogP contribution in [-0.2, 0) is 12.6 Å². The first-order chi connectivity index (χ1) is 9.00. The van der Waals surface area contributed by atoms with Crippen LogP contribution in [0.15, 0.2) is 34.9 Å². The molecular weight excluding hydrogens is 259 g/mol. The monoisotopic (exact) mass is 271 g/mol. The zero-order valence-corrected chi connectivity index (χ0v) is 9.94. The van der Waals surface area contributed by atoms with Gasteiger partial charge in [0.25, 0.3) is 0 Å². The number of aryl methyl sites for hydroxylation is 1. The average Bonchev–Trinajstić information content (AvgIpc) is 2.84. The fourth-order valence-corrected chi connectivity index (χ4v) is 1.62. The van der Waals surface area contributed by atoms with E-state index in [-0.39, 0.29) is 6.61 Å². The molecule has 102 valence electrons. The van der Waals surface area contributed by atoms with Crippen LogP contribution in [-0.4, -0.2) is 16.7 Å². The summed E-state index contributed by atoms with van der Waals surface area (Å²) in [6.07, 6.45) is -1.91. The number of nitrogens with zero attached hydrogens (tertiary/aromatic N) is 1. The predicted molar refractivity (Wildman–Crippen MR) is 62.3 cm³/mol. The van der Waals surface area contributed by atoms with Crippen molar-refractivity contribution >= 4 is 0 Å². The molecule has 3 nitrogen and oxygen atoms in total. The van der Waals surface area contributed by atoms with Gasteiger partial charge in [-0.25, -0.2) is 4.98 Å². The summed E-state index contributed by atoms with van der Waals surface area (Å²) in [5.74, 6) is 0.462. The Morgan fingerprint density at radius 1 is 1.16 bits per heavy atom. The molecule has 2 aromatic rings. The summed E-state index contributed by atoms with van der Waals surface area (Å²) in [5.41, 5.74) is 0.355.